The quantitative estimate of drug-likeness (QED) is 0.842. The molecule has 0 atom stereocenters. The Morgan fingerprint density at radius 1 is 1.23 bits per heavy atom. The number of piperidine rings is 1. The van der Waals surface area contributed by atoms with E-state index in [-0.39, 0.29) is 11.8 Å². The van der Waals surface area contributed by atoms with E-state index in [2.05, 4.69) is 10.6 Å². The van der Waals surface area contributed by atoms with E-state index < -0.39 is 11.6 Å². The van der Waals surface area contributed by atoms with Crippen molar-refractivity contribution in [1.82, 2.24) is 10.6 Å². The number of nitrogens with one attached hydrogen (secondary N) is 2. The molecule has 1 saturated carbocycles. The molecule has 1 spiro atoms. The minimum atomic E-state index is -1.58. The van der Waals surface area contributed by atoms with Gasteiger partial charge in [0.25, 0.3) is 12.0 Å². The van der Waals surface area contributed by atoms with Crippen molar-refractivity contribution < 1.29 is 13.6 Å². The molecule has 1 saturated heterocycles. The van der Waals surface area contributed by atoms with Gasteiger partial charge in [-0.25, -0.2) is 0 Å². The van der Waals surface area contributed by atoms with Gasteiger partial charge in [0, 0.05) is 5.92 Å². The van der Waals surface area contributed by atoms with Crippen molar-refractivity contribution in [3.8, 4) is 0 Å². The predicted molar refractivity (Wildman–Crippen MR) is 80.8 cm³/mol. The highest BCUT2D eigenvalue weighted by atomic mass is 19.3. The zero-order chi connectivity index (χ0) is 15.6. The van der Waals surface area contributed by atoms with Crippen LogP contribution in [0.3, 0.4) is 0 Å². The summed E-state index contributed by atoms with van der Waals surface area (Å²) in [7, 11) is 0. The van der Waals surface area contributed by atoms with Crippen LogP contribution < -0.4 is 10.6 Å². The fourth-order valence-corrected chi connectivity index (χ4v) is 3.84. The molecular weight excluding hydrogens is 288 g/mol. The third kappa shape index (κ3) is 3.21. The fraction of sp³-hybridized carbons (Fsp3) is 0.750. The number of aliphatic imine (C=N–C) groups is 1. The molecule has 0 unspecified atom stereocenters. The lowest BCUT2D eigenvalue weighted by Crippen LogP contribution is -2.47. The molecule has 2 aliphatic heterocycles. The van der Waals surface area contributed by atoms with Crippen LogP contribution >= 0.6 is 0 Å². The van der Waals surface area contributed by atoms with Crippen LogP contribution in [0.15, 0.2) is 17.1 Å². The third-order valence-corrected chi connectivity index (χ3v) is 5.27. The first-order chi connectivity index (χ1) is 10.6. The van der Waals surface area contributed by atoms with Crippen molar-refractivity contribution in [2.45, 2.75) is 50.5 Å². The van der Waals surface area contributed by atoms with Crippen molar-refractivity contribution in [2.24, 2.45) is 16.8 Å². The molecule has 0 aromatic rings. The van der Waals surface area contributed by atoms with Crippen molar-refractivity contribution in [2.75, 3.05) is 13.1 Å². The normalized spacial score (nSPS) is 30.8. The molecule has 22 heavy (non-hydrogen) atoms. The Labute approximate surface area is 129 Å². The summed E-state index contributed by atoms with van der Waals surface area (Å²) in [6.45, 7) is 1.66. The average Bonchev–Trinajstić information content (AvgIpc) is 2.83. The summed E-state index contributed by atoms with van der Waals surface area (Å²) >= 11 is 0. The van der Waals surface area contributed by atoms with Crippen molar-refractivity contribution >= 4 is 11.7 Å². The minimum Gasteiger partial charge on any atom is -0.317 e. The van der Waals surface area contributed by atoms with E-state index in [1.807, 2.05) is 0 Å². The van der Waals surface area contributed by atoms with Gasteiger partial charge in [-0.2, -0.15) is 8.78 Å². The number of hydrogen-bond donors (Lipinski definition) is 2. The standard InChI is InChI=1S/C16H23F2N3O/c17-13(18)6-3-11-1-4-12(5-2-11)14-20-15(22)16(21-14)7-9-19-10-8-16/h6,11-12,19H,1-5,7-10H2,(H,20,21,22). The predicted octanol–water partition coefficient (Wildman–Crippen LogP) is 2.61. The van der Waals surface area contributed by atoms with Crippen LogP contribution in [0.4, 0.5) is 8.78 Å². The van der Waals surface area contributed by atoms with Gasteiger partial charge in [0.1, 0.15) is 11.4 Å². The minimum absolute atomic E-state index is 0.0496. The van der Waals surface area contributed by atoms with Gasteiger partial charge in [0.15, 0.2) is 0 Å². The lowest BCUT2D eigenvalue weighted by molar-refractivity contribution is -0.124. The first kappa shape index (κ1) is 15.6. The molecule has 2 fully saturated rings. The highest BCUT2D eigenvalue weighted by molar-refractivity contribution is 6.09. The van der Waals surface area contributed by atoms with E-state index in [0.29, 0.717) is 12.3 Å². The summed E-state index contributed by atoms with van der Waals surface area (Å²) in [4.78, 5) is 17.1. The number of hydrogen-bond acceptors (Lipinski definition) is 3. The molecule has 3 rings (SSSR count). The molecular formula is C16H23F2N3O. The number of halogens is 2. The number of allylic oxidation sites excluding steroid dienone is 1. The van der Waals surface area contributed by atoms with Gasteiger partial charge >= 0.3 is 0 Å². The number of rotatable bonds is 3. The molecule has 0 aromatic heterocycles. The molecule has 4 nitrogen and oxygen atoms in total. The van der Waals surface area contributed by atoms with E-state index in [1.54, 1.807) is 0 Å². The molecule has 0 bridgehead atoms. The van der Waals surface area contributed by atoms with Crippen molar-refractivity contribution in [1.29, 1.82) is 0 Å². The smallest absolute Gasteiger partial charge is 0.266 e. The van der Waals surface area contributed by atoms with Gasteiger partial charge in [-0.05, 0) is 70.0 Å². The van der Waals surface area contributed by atoms with Gasteiger partial charge in [0.2, 0.25) is 0 Å². The molecule has 0 aromatic carbocycles. The zero-order valence-corrected chi connectivity index (χ0v) is 12.7. The second-order valence-corrected chi connectivity index (χ2v) is 6.68. The average molecular weight is 311 g/mol. The first-order valence-electron chi connectivity index (χ1n) is 8.22. The van der Waals surface area contributed by atoms with E-state index in [0.717, 1.165) is 63.5 Å². The van der Waals surface area contributed by atoms with E-state index >= 15 is 0 Å². The first-order valence-corrected chi connectivity index (χ1v) is 8.22. The Hall–Kier alpha value is -1.30. The topological polar surface area (TPSA) is 53.5 Å². The summed E-state index contributed by atoms with van der Waals surface area (Å²) in [5, 5.41) is 6.26. The van der Waals surface area contributed by atoms with E-state index in [4.69, 9.17) is 4.99 Å². The maximum Gasteiger partial charge on any atom is 0.266 e. The summed E-state index contributed by atoms with van der Waals surface area (Å²) in [6.07, 6.45) is 5.15. The third-order valence-electron chi connectivity index (χ3n) is 5.27. The second kappa shape index (κ2) is 6.44. The SMILES string of the molecule is O=C1NC(C2CCC(CC=C(F)F)CC2)=NC12CCNCC2. The number of nitrogens with zero attached hydrogens (tertiary/aromatic N) is 1. The maximum atomic E-state index is 12.3. The van der Waals surface area contributed by atoms with E-state index in [9.17, 15) is 13.6 Å². The second-order valence-electron chi connectivity index (χ2n) is 6.68. The Balaban J connectivity index is 1.58. The molecule has 0 radical (unpaired) electrons. The largest absolute Gasteiger partial charge is 0.317 e. The molecule has 1 aliphatic carbocycles. The highest BCUT2D eigenvalue weighted by Gasteiger charge is 2.45. The van der Waals surface area contributed by atoms with Crippen LogP contribution in [0, 0.1) is 11.8 Å². The van der Waals surface area contributed by atoms with Crippen LogP contribution in [0.25, 0.3) is 0 Å². The van der Waals surface area contributed by atoms with Crippen LogP contribution in [0.2, 0.25) is 0 Å². The molecule has 122 valence electrons. The maximum absolute atomic E-state index is 12.3. The fourth-order valence-electron chi connectivity index (χ4n) is 3.84. The van der Waals surface area contributed by atoms with Gasteiger partial charge in [-0.15, -0.1) is 0 Å². The Morgan fingerprint density at radius 3 is 2.55 bits per heavy atom. The summed E-state index contributed by atoms with van der Waals surface area (Å²) in [5.74, 6) is 1.52. The molecule has 6 heteroatoms. The van der Waals surface area contributed by atoms with Crippen molar-refractivity contribution in [3.63, 3.8) is 0 Å². The zero-order valence-electron chi connectivity index (χ0n) is 12.7. The summed E-state index contributed by atoms with van der Waals surface area (Å²) in [6, 6.07) is 0. The Kier molecular flexibility index (Phi) is 4.57. The monoisotopic (exact) mass is 311 g/mol. The van der Waals surface area contributed by atoms with Crippen LogP contribution in [0.1, 0.15) is 44.9 Å². The molecule has 3 aliphatic rings. The van der Waals surface area contributed by atoms with Gasteiger partial charge < -0.3 is 10.6 Å². The van der Waals surface area contributed by atoms with Crippen LogP contribution in [0.5, 0.6) is 0 Å². The van der Waals surface area contributed by atoms with Gasteiger partial charge in [-0.1, -0.05) is 0 Å². The number of amidine groups is 1. The number of amides is 1. The van der Waals surface area contributed by atoms with E-state index in [1.165, 1.54) is 0 Å². The Bertz CT molecular complexity index is 486. The summed E-state index contributed by atoms with van der Waals surface area (Å²) in [5.41, 5.74) is -0.544. The lowest BCUT2D eigenvalue weighted by Gasteiger charge is -2.28. The number of carbonyl (C=O) groups is 1. The number of carbonyl (C=O) groups excluding carboxylic acids is 1. The van der Waals surface area contributed by atoms with Gasteiger partial charge in [-0.3, -0.25) is 9.79 Å². The molecule has 2 N–H and O–H groups in total. The molecule has 1 amide bonds. The highest BCUT2D eigenvalue weighted by Crippen LogP contribution is 2.35. The summed E-state index contributed by atoms with van der Waals surface area (Å²) < 4.78 is 24.3. The van der Waals surface area contributed by atoms with Crippen LogP contribution in [-0.4, -0.2) is 30.4 Å². The lowest BCUT2D eigenvalue weighted by atomic mass is 9.80. The van der Waals surface area contributed by atoms with Gasteiger partial charge in [0.05, 0.1) is 0 Å². The van der Waals surface area contributed by atoms with Crippen molar-refractivity contribution in [3.05, 3.63) is 12.2 Å². The molecule has 2 heterocycles. The Morgan fingerprint density at radius 2 is 1.91 bits per heavy atom. The van der Waals surface area contributed by atoms with Crippen LogP contribution in [-0.2, 0) is 4.79 Å².